The maximum atomic E-state index is 11.8. The summed E-state index contributed by atoms with van der Waals surface area (Å²) in [5, 5.41) is 0. The van der Waals surface area contributed by atoms with Crippen LogP contribution in [0.4, 0.5) is 0 Å². The van der Waals surface area contributed by atoms with Gasteiger partial charge in [0.15, 0.2) is 0 Å². The third kappa shape index (κ3) is 3.88. The molecule has 1 rings (SSSR count). The smallest absolute Gasteiger partial charge is 0.309 e. The number of hydrogen-bond acceptors (Lipinski definition) is 2. The van der Waals surface area contributed by atoms with Gasteiger partial charge in [-0.25, -0.2) is 0 Å². The van der Waals surface area contributed by atoms with E-state index in [1.54, 1.807) is 0 Å². The Labute approximate surface area is 104 Å². The van der Waals surface area contributed by atoms with E-state index in [0.717, 1.165) is 12.0 Å². The molecule has 0 heterocycles. The van der Waals surface area contributed by atoms with Crippen molar-refractivity contribution in [1.82, 2.24) is 0 Å². The first-order valence-corrected chi connectivity index (χ1v) is 6.31. The second kappa shape index (κ2) is 6.43. The van der Waals surface area contributed by atoms with Gasteiger partial charge in [0.05, 0.1) is 5.92 Å². The lowest BCUT2D eigenvalue weighted by Gasteiger charge is -2.23. The molecule has 0 radical (unpaired) electrons. The molecule has 17 heavy (non-hydrogen) atoms. The monoisotopic (exact) mass is 234 g/mol. The average Bonchev–Trinajstić information content (AvgIpc) is 2.35. The molecular weight excluding hydrogens is 212 g/mol. The molecular formula is C15H22O2. The van der Waals surface area contributed by atoms with Gasteiger partial charge in [-0.3, -0.25) is 4.79 Å². The number of benzene rings is 1. The van der Waals surface area contributed by atoms with Crippen LogP contribution >= 0.6 is 0 Å². The Hall–Kier alpha value is -1.31. The predicted octanol–water partition coefficient (Wildman–Crippen LogP) is 3.97. The molecule has 0 aromatic heterocycles. The van der Waals surface area contributed by atoms with Crippen LogP contribution in [0.3, 0.4) is 0 Å². The second-order valence-electron chi connectivity index (χ2n) is 4.82. The number of carbonyl (C=O) groups excluding carboxylic acids is 1. The highest BCUT2D eigenvalue weighted by Crippen LogP contribution is 2.26. The Morgan fingerprint density at radius 2 is 1.76 bits per heavy atom. The maximum Gasteiger partial charge on any atom is 0.309 e. The number of carbonyl (C=O) groups is 1. The van der Waals surface area contributed by atoms with E-state index in [9.17, 15) is 4.79 Å². The molecule has 0 aliphatic rings. The van der Waals surface area contributed by atoms with Crippen molar-refractivity contribution in [3.05, 3.63) is 35.9 Å². The lowest BCUT2D eigenvalue weighted by molar-refractivity contribution is -0.156. The number of hydrogen-bond donors (Lipinski definition) is 0. The topological polar surface area (TPSA) is 26.3 Å². The minimum absolute atomic E-state index is 0.0278. The van der Waals surface area contributed by atoms with Crippen LogP contribution in [0.1, 0.15) is 45.8 Å². The largest absolute Gasteiger partial charge is 0.457 e. The van der Waals surface area contributed by atoms with Gasteiger partial charge in [-0.2, -0.15) is 0 Å². The molecule has 1 aromatic rings. The zero-order chi connectivity index (χ0) is 12.8. The predicted molar refractivity (Wildman–Crippen MR) is 69.6 cm³/mol. The van der Waals surface area contributed by atoms with Crippen molar-refractivity contribution in [2.45, 2.75) is 40.2 Å². The van der Waals surface area contributed by atoms with Gasteiger partial charge in [0, 0.05) is 0 Å². The maximum absolute atomic E-state index is 11.8. The summed E-state index contributed by atoms with van der Waals surface area (Å²) in [5.74, 6) is 0.153. The first-order valence-electron chi connectivity index (χ1n) is 6.31. The Morgan fingerprint density at radius 3 is 2.24 bits per heavy atom. The Balaban J connectivity index is 2.78. The van der Waals surface area contributed by atoms with Crippen LogP contribution in [0.5, 0.6) is 0 Å². The minimum Gasteiger partial charge on any atom is -0.457 e. The molecule has 2 unspecified atom stereocenters. The summed E-state index contributed by atoms with van der Waals surface area (Å²) in [6.07, 6.45) is 0.677. The summed E-state index contributed by atoms with van der Waals surface area (Å²) in [4.78, 5) is 11.8. The second-order valence-corrected chi connectivity index (χ2v) is 4.82. The molecule has 0 aliphatic carbocycles. The van der Waals surface area contributed by atoms with Crippen molar-refractivity contribution < 1.29 is 9.53 Å². The fourth-order valence-electron chi connectivity index (χ4n) is 1.64. The van der Waals surface area contributed by atoms with E-state index in [1.807, 2.05) is 44.2 Å². The summed E-state index contributed by atoms with van der Waals surface area (Å²) in [7, 11) is 0. The van der Waals surface area contributed by atoms with Crippen LogP contribution in [0.15, 0.2) is 30.3 Å². The average molecular weight is 234 g/mol. The Morgan fingerprint density at radius 1 is 1.18 bits per heavy atom. The fraction of sp³-hybridized carbons (Fsp3) is 0.533. The molecule has 0 bridgehead atoms. The molecule has 0 fully saturated rings. The van der Waals surface area contributed by atoms with E-state index in [4.69, 9.17) is 4.74 Å². The van der Waals surface area contributed by atoms with Crippen LogP contribution in [-0.2, 0) is 9.53 Å². The zero-order valence-corrected chi connectivity index (χ0v) is 11.1. The van der Waals surface area contributed by atoms with Gasteiger partial charge in [0.1, 0.15) is 6.10 Å². The molecule has 1 aromatic carbocycles. The molecule has 0 saturated carbocycles. The highest BCUT2D eigenvalue weighted by molar-refractivity contribution is 5.72. The van der Waals surface area contributed by atoms with Crippen molar-refractivity contribution in [3.63, 3.8) is 0 Å². The molecule has 0 aliphatic heterocycles. The normalized spacial score (nSPS) is 14.4. The first-order chi connectivity index (χ1) is 8.06. The summed E-state index contributed by atoms with van der Waals surface area (Å²) in [6.45, 7) is 8.05. The Kier molecular flexibility index (Phi) is 5.20. The molecule has 2 heteroatoms. The van der Waals surface area contributed by atoms with Crippen LogP contribution in [0, 0.1) is 11.8 Å². The van der Waals surface area contributed by atoms with Crippen molar-refractivity contribution in [2.75, 3.05) is 0 Å². The summed E-state index contributed by atoms with van der Waals surface area (Å²) < 4.78 is 5.61. The van der Waals surface area contributed by atoms with Gasteiger partial charge in [-0.1, -0.05) is 58.0 Å². The lowest BCUT2D eigenvalue weighted by Crippen LogP contribution is -2.20. The third-order valence-corrected chi connectivity index (χ3v) is 2.99. The van der Waals surface area contributed by atoms with Crippen LogP contribution < -0.4 is 0 Å². The molecule has 0 amide bonds. The number of ether oxygens (including phenoxy) is 1. The summed E-state index contributed by atoms with van der Waals surface area (Å²) in [5.41, 5.74) is 1.07. The Bertz CT molecular complexity index is 343. The molecule has 94 valence electrons. The summed E-state index contributed by atoms with van der Waals surface area (Å²) in [6, 6.07) is 9.93. The van der Waals surface area contributed by atoms with Crippen molar-refractivity contribution in [2.24, 2.45) is 11.8 Å². The number of esters is 1. The van der Waals surface area contributed by atoms with Gasteiger partial charge >= 0.3 is 5.97 Å². The molecule has 0 N–H and O–H groups in total. The summed E-state index contributed by atoms with van der Waals surface area (Å²) >= 11 is 0. The van der Waals surface area contributed by atoms with Crippen molar-refractivity contribution >= 4 is 5.97 Å². The van der Waals surface area contributed by atoms with Gasteiger partial charge in [-0.05, 0) is 17.9 Å². The fourth-order valence-corrected chi connectivity index (χ4v) is 1.64. The van der Waals surface area contributed by atoms with Gasteiger partial charge in [-0.15, -0.1) is 0 Å². The zero-order valence-electron chi connectivity index (χ0n) is 11.1. The van der Waals surface area contributed by atoms with E-state index < -0.39 is 0 Å². The van der Waals surface area contributed by atoms with Crippen molar-refractivity contribution in [3.8, 4) is 0 Å². The molecule has 0 saturated heterocycles. The van der Waals surface area contributed by atoms with E-state index in [2.05, 4.69) is 13.8 Å². The molecule has 2 nitrogen and oxygen atoms in total. The SMILES string of the molecule is CCC(C)C(=O)OC(c1ccccc1)C(C)C. The third-order valence-electron chi connectivity index (χ3n) is 2.99. The quantitative estimate of drug-likeness (QED) is 0.720. The number of rotatable bonds is 5. The van der Waals surface area contributed by atoms with Crippen LogP contribution in [-0.4, -0.2) is 5.97 Å². The minimum atomic E-state index is -0.141. The van der Waals surface area contributed by atoms with Crippen LogP contribution in [0.25, 0.3) is 0 Å². The first kappa shape index (κ1) is 13.8. The van der Waals surface area contributed by atoms with Gasteiger partial charge < -0.3 is 4.74 Å². The van der Waals surface area contributed by atoms with E-state index in [0.29, 0.717) is 0 Å². The van der Waals surface area contributed by atoms with E-state index in [1.165, 1.54) is 0 Å². The lowest BCUT2D eigenvalue weighted by atomic mass is 9.98. The standard InChI is InChI=1S/C15H22O2/c1-5-12(4)15(16)17-14(11(2)3)13-9-7-6-8-10-13/h6-12,14H,5H2,1-4H3. The van der Waals surface area contributed by atoms with Crippen LogP contribution in [0.2, 0.25) is 0 Å². The molecule has 0 spiro atoms. The van der Waals surface area contributed by atoms with Crippen molar-refractivity contribution in [1.29, 1.82) is 0 Å². The van der Waals surface area contributed by atoms with E-state index >= 15 is 0 Å². The highest BCUT2D eigenvalue weighted by Gasteiger charge is 2.22. The molecule has 2 atom stereocenters. The van der Waals surface area contributed by atoms with Gasteiger partial charge in [0.25, 0.3) is 0 Å². The highest BCUT2D eigenvalue weighted by atomic mass is 16.5. The van der Waals surface area contributed by atoms with Gasteiger partial charge in [0.2, 0.25) is 0 Å². The van der Waals surface area contributed by atoms with E-state index in [-0.39, 0.29) is 23.9 Å².